The average Bonchev–Trinajstić information content (AvgIpc) is 2.21. The summed E-state index contributed by atoms with van der Waals surface area (Å²) < 4.78 is 10.6. The van der Waals surface area contributed by atoms with Crippen LogP contribution in [0.5, 0.6) is 0 Å². The summed E-state index contributed by atoms with van der Waals surface area (Å²) in [5.74, 6) is 0. The Morgan fingerprint density at radius 2 is 2.00 bits per heavy atom. The maximum atomic E-state index is 12.3. The maximum absolute atomic E-state index is 12.3. The second-order valence-electron chi connectivity index (χ2n) is 5.60. The molecule has 0 unspecified atom stereocenters. The van der Waals surface area contributed by atoms with Crippen LogP contribution in [0.1, 0.15) is 20.8 Å². The van der Waals surface area contributed by atoms with E-state index in [2.05, 4.69) is 0 Å². The van der Waals surface area contributed by atoms with Crippen LogP contribution < -0.4 is 10.6 Å². The molecule has 0 radical (unpaired) electrons. The van der Waals surface area contributed by atoms with Crippen molar-refractivity contribution in [3.8, 4) is 0 Å². The third-order valence-corrected chi connectivity index (χ3v) is 2.77. The van der Waals surface area contributed by atoms with E-state index in [-0.39, 0.29) is 6.04 Å². The number of rotatable bonds is 2. The van der Waals surface area contributed by atoms with Gasteiger partial charge < -0.3 is 15.2 Å². The molecule has 5 nitrogen and oxygen atoms in total. The van der Waals surface area contributed by atoms with Crippen molar-refractivity contribution in [2.75, 3.05) is 23.8 Å². The van der Waals surface area contributed by atoms with E-state index < -0.39 is 11.7 Å². The first-order valence-corrected chi connectivity index (χ1v) is 6.33. The third kappa shape index (κ3) is 3.17. The van der Waals surface area contributed by atoms with Gasteiger partial charge in [0.2, 0.25) is 0 Å². The molecule has 1 aliphatic heterocycles. The highest BCUT2D eigenvalue weighted by atomic mass is 16.6. The van der Waals surface area contributed by atoms with Crippen LogP contribution in [0.25, 0.3) is 0 Å². The van der Waals surface area contributed by atoms with Gasteiger partial charge in [-0.15, -0.1) is 0 Å². The molecule has 0 saturated carbocycles. The quantitative estimate of drug-likeness (QED) is 0.833. The van der Waals surface area contributed by atoms with E-state index in [4.69, 9.17) is 15.2 Å². The first-order chi connectivity index (χ1) is 8.88. The molecule has 2 rings (SSSR count). The molecular formula is C14H20N2O3. The fourth-order valence-electron chi connectivity index (χ4n) is 1.83. The Bertz CT molecular complexity index is 464. The van der Waals surface area contributed by atoms with E-state index in [1.807, 2.05) is 39.0 Å². The number of nitrogen functional groups attached to an aromatic ring is 1. The number of hydrogen-bond donors (Lipinski definition) is 1. The lowest BCUT2D eigenvalue weighted by Gasteiger charge is -2.38. The number of para-hydroxylation sites is 2. The monoisotopic (exact) mass is 264 g/mol. The molecule has 0 aromatic heterocycles. The normalized spacial score (nSPS) is 15.7. The molecule has 0 aliphatic carbocycles. The molecule has 1 saturated heterocycles. The summed E-state index contributed by atoms with van der Waals surface area (Å²) in [5, 5.41) is 0. The zero-order valence-electron chi connectivity index (χ0n) is 11.6. The van der Waals surface area contributed by atoms with Crippen LogP contribution in [0.4, 0.5) is 16.2 Å². The van der Waals surface area contributed by atoms with Gasteiger partial charge in [-0.2, -0.15) is 0 Å². The standard InChI is InChI=1S/C14H20N2O3/c1-14(2,3)19-13(17)16(10-8-18-9-10)12-7-5-4-6-11(12)15/h4-7,10H,8-9,15H2,1-3H3. The van der Waals surface area contributed by atoms with Crippen LogP contribution in [0.2, 0.25) is 0 Å². The summed E-state index contributed by atoms with van der Waals surface area (Å²) in [5.41, 5.74) is 6.64. The van der Waals surface area contributed by atoms with Crippen molar-refractivity contribution >= 4 is 17.5 Å². The van der Waals surface area contributed by atoms with Gasteiger partial charge in [0.25, 0.3) is 0 Å². The van der Waals surface area contributed by atoms with E-state index in [1.165, 1.54) is 0 Å². The highest BCUT2D eigenvalue weighted by molar-refractivity contribution is 5.92. The van der Waals surface area contributed by atoms with Gasteiger partial charge in [-0.3, -0.25) is 4.90 Å². The number of carbonyl (C=O) groups excluding carboxylic acids is 1. The van der Waals surface area contributed by atoms with Crippen LogP contribution in [0.3, 0.4) is 0 Å². The number of anilines is 2. The fraction of sp³-hybridized carbons (Fsp3) is 0.500. The minimum Gasteiger partial charge on any atom is -0.443 e. The lowest BCUT2D eigenvalue weighted by molar-refractivity contribution is -0.000313. The molecule has 19 heavy (non-hydrogen) atoms. The molecule has 1 fully saturated rings. The molecule has 5 heteroatoms. The number of hydrogen-bond acceptors (Lipinski definition) is 4. The smallest absolute Gasteiger partial charge is 0.415 e. The average molecular weight is 264 g/mol. The van der Waals surface area contributed by atoms with Gasteiger partial charge in [0.15, 0.2) is 0 Å². The zero-order valence-corrected chi connectivity index (χ0v) is 11.6. The van der Waals surface area contributed by atoms with E-state index in [0.717, 1.165) is 0 Å². The maximum Gasteiger partial charge on any atom is 0.415 e. The minimum absolute atomic E-state index is 0.0143. The Hall–Kier alpha value is -1.75. The Balaban J connectivity index is 2.26. The van der Waals surface area contributed by atoms with Crippen LogP contribution in [-0.2, 0) is 9.47 Å². The van der Waals surface area contributed by atoms with E-state index in [0.29, 0.717) is 24.6 Å². The molecule has 1 amide bonds. The van der Waals surface area contributed by atoms with Crippen LogP contribution in [-0.4, -0.2) is 30.9 Å². The molecule has 1 aliphatic rings. The molecular weight excluding hydrogens is 244 g/mol. The van der Waals surface area contributed by atoms with Gasteiger partial charge in [0, 0.05) is 0 Å². The van der Waals surface area contributed by atoms with E-state index >= 15 is 0 Å². The lowest BCUT2D eigenvalue weighted by atomic mass is 10.1. The molecule has 0 atom stereocenters. The first kappa shape index (κ1) is 13.7. The summed E-state index contributed by atoms with van der Waals surface area (Å²) in [7, 11) is 0. The predicted octanol–water partition coefficient (Wildman–Crippen LogP) is 2.41. The Kier molecular flexibility index (Phi) is 3.66. The molecule has 1 aromatic carbocycles. The summed E-state index contributed by atoms with van der Waals surface area (Å²) in [6.45, 7) is 6.54. The topological polar surface area (TPSA) is 64.8 Å². The summed E-state index contributed by atoms with van der Waals surface area (Å²) >= 11 is 0. The van der Waals surface area contributed by atoms with Gasteiger partial charge >= 0.3 is 6.09 Å². The molecule has 0 bridgehead atoms. The summed E-state index contributed by atoms with van der Waals surface area (Å²) in [4.78, 5) is 13.9. The second kappa shape index (κ2) is 5.09. The van der Waals surface area contributed by atoms with Crippen molar-refractivity contribution in [2.45, 2.75) is 32.4 Å². The largest absolute Gasteiger partial charge is 0.443 e. The minimum atomic E-state index is -0.538. The number of ether oxygens (including phenoxy) is 2. The van der Waals surface area contributed by atoms with Gasteiger partial charge in [-0.1, -0.05) is 12.1 Å². The van der Waals surface area contributed by atoms with Crippen molar-refractivity contribution in [3.05, 3.63) is 24.3 Å². The van der Waals surface area contributed by atoms with Gasteiger partial charge in [-0.25, -0.2) is 4.79 Å². The number of benzene rings is 1. The Morgan fingerprint density at radius 3 is 2.47 bits per heavy atom. The number of amides is 1. The molecule has 1 heterocycles. The number of nitrogens with two attached hydrogens (primary N) is 1. The van der Waals surface area contributed by atoms with Crippen molar-refractivity contribution < 1.29 is 14.3 Å². The van der Waals surface area contributed by atoms with Crippen LogP contribution >= 0.6 is 0 Å². The first-order valence-electron chi connectivity index (χ1n) is 6.33. The Morgan fingerprint density at radius 1 is 1.37 bits per heavy atom. The molecule has 2 N–H and O–H groups in total. The van der Waals surface area contributed by atoms with Crippen LogP contribution in [0.15, 0.2) is 24.3 Å². The second-order valence-corrected chi connectivity index (χ2v) is 5.60. The SMILES string of the molecule is CC(C)(C)OC(=O)N(c1ccccc1N)C1COC1. The van der Waals surface area contributed by atoms with Crippen molar-refractivity contribution in [3.63, 3.8) is 0 Å². The molecule has 104 valence electrons. The van der Waals surface area contributed by atoms with Gasteiger partial charge in [0.05, 0.1) is 30.6 Å². The molecule has 0 spiro atoms. The van der Waals surface area contributed by atoms with Crippen molar-refractivity contribution in [1.29, 1.82) is 0 Å². The van der Waals surface area contributed by atoms with Crippen LogP contribution in [0, 0.1) is 0 Å². The highest BCUT2D eigenvalue weighted by Crippen LogP contribution is 2.28. The number of carbonyl (C=O) groups is 1. The molecule has 1 aromatic rings. The zero-order chi connectivity index (χ0) is 14.0. The van der Waals surface area contributed by atoms with Gasteiger partial charge in [0.1, 0.15) is 5.60 Å². The lowest BCUT2D eigenvalue weighted by Crippen LogP contribution is -2.53. The predicted molar refractivity (Wildman–Crippen MR) is 74.2 cm³/mol. The van der Waals surface area contributed by atoms with E-state index in [1.54, 1.807) is 11.0 Å². The van der Waals surface area contributed by atoms with Crippen molar-refractivity contribution in [2.24, 2.45) is 0 Å². The fourth-order valence-corrected chi connectivity index (χ4v) is 1.83. The Labute approximate surface area is 113 Å². The highest BCUT2D eigenvalue weighted by Gasteiger charge is 2.34. The van der Waals surface area contributed by atoms with E-state index in [9.17, 15) is 4.79 Å². The number of nitrogens with zero attached hydrogens (tertiary/aromatic N) is 1. The summed E-state index contributed by atoms with van der Waals surface area (Å²) in [6, 6.07) is 7.26. The van der Waals surface area contributed by atoms with Crippen molar-refractivity contribution in [1.82, 2.24) is 0 Å². The summed E-state index contributed by atoms with van der Waals surface area (Å²) in [6.07, 6.45) is -0.390. The van der Waals surface area contributed by atoms with Gasteiger partial charge in [-0.05, 0) is 32.9 Å². The third-order valence-electron chi connectivity index (χ3n) is 2.77.